The Kier molecular flexibility index (Phi) is 4.52. The summed E-state index contributed by atoms with van der Waals surface area (Å²) in [6, 6.07) is 5.59. The summed E-state index contributed by atoms with van der Waals surface area (Å²) in [6.45, 7) is 6.57. The predicted molar refractivity (Wildman–Crippen MR) is 70.2 cm³/mol. The summed E-state index contributed by atoms with van der Waals surface area (Å²) < 4.78 is 18.0. The number of benzene rings is 1. The van der Waals surface area contributed by atoms with Crippen LogP contribution in [0.5, 0.6) is 0 Å². The molecule has 5 heteroatoms. The van der Waals surface area contributed by atoms with Crippen molar-refractivity contribution in [1.82, 2.24) is 5.32 Å². The summed E-state index contributed by atoms with van der Waals surface area (Å²) in [6.07, 6.45) is -0.631. The molecular weight excluding hydrogens is 249 g/mol. The summed E-state index contributed by atoms with van der Waals surface area (Å²) in [5.74, 6) is -0.374. The summed E-state index contributed by atoms with van der Waals surface area (Å²) >= 11 is 0. The van der Waals surface area contributed by atoms with Gasteiger partial charge in [0.05, 0.1) is 12.1 Å². The number of carbonyl (C=O) groups excluding carboxylic acids is 1. The SMILES string of the molecule is CC(C)(C)OC(=O)NC(C)(CO)c1ccc(F)cc1. The van der Waals surface area contributed by atoms with E-state index in [-0.39, 0.29) is 12.4 Å². The Morgan fingerprint density at radius 2 is 1.79 bits per heavy atom. The molecule has 1 amide bonds. The van der Waals surface area contributed by atoms with E-state index in [4.69, 9.17) is 4.74 Å². The molecule has 1 atom stereocenters. The number of aliphatic hydroxyl groups excluding tert-OH is 1. The van der Waals surface area contributed by atoms with Crippen LogP contribution in [-0.2, 0) is 10.3 Å². The van der Waals surface area contributed by atoms with Crippen LogP contribution in [0, 0.1) is 5.82 Å². The van der Waals surface area contributed by atoms with Crippen molar-refractivity contribution in [3.63, 3.8) is 0 Å². The van der Waals surface area contributed by atoms with Gasteiger partial charge in [-0.2, -0.15) is 0 Å². The number of carbonyl (C=O) groups is 1. The van der Waals surface area contributed by atoms with Gasteiger partial charge in [0.25, 0.3) is 0 Å². The number of halogens is 1. The largest absolute Gasteiger partial charge is 0.444 e. The second kappa shape index (κ2) is 5.57. The molecular formula is C14H20FNO3. The van der Waals surface area contributed by atoms with Crippen LogP contribution >= 0.6 is 0 Å². The van der Waals surface area contributed by atoms with Gasteiger partial charge >= 0.3 is 6.09 Å². The van der Waals surface area contributed by atoms with E-state index >= 15 is 0 Å². The Morgan fingerprint density at radius 1 is 1.26 bits per heavy atom. The monoisotopic (exact) mass is 269 g/mol. The van der Waals surface area contributed by atoms with Crippen molar-refractivity contribution in [1.29, 1.82) is 0 Å². The molecule has 0 aliphatic carbocycles. The number of alkyl carbamates (subject to hydrolysis) is 1. The quantitative estimate of drug-likeness (QED) is 0.886. The van der Waals surface area contributed by atoms with Crippen molar-refractivity contribution in [2.75, 3.05) is 6.61 Å². The first-order valence-electron chi connectivity index (χ1n) is 6.04. The van der Waals surface area contributed by atoms with Crippen LogP contribution in [0.4, 0.5) is 9.18 Å². The number of amides is 1. The molecule has 19 heavy (non-hydrogen) atoms. The molecule has 0 bridgehead atoms. The van der Waals surface area contributed by atoms with Gasteiger partial charge in [-0.25, -0.2) is 9.18 Å². The molecule has 0 aliphatic rings. The molecule has 2 N–H and O–H groups in total. The van der Waals surface area contributed by atoms with Crippen molar-refractivity contribution in [2.24, 2.45) is 0 Å². The zero-order chi connectivity index (χ0) is 14.7. The Bertz CT molecular complexity index is 439. The van der Waals surface area contributed by atoms with Gasteiger partial charge < -0.3 is 15.2 Å². The summed E-state index contributed by atoms with van der Waals surface area (Å²) in [7, 11) is 0. The molecule has 0 aliphatic heterocycles. The maximum absolute atomic E-state index is 12.9. The Morgan fingerprint density at radius 3 is 2.21 bits per heavy atom. The molecule has 0 saturated heterocycles. The van der Waals surface area contributed by atoms with E-state index < -0.39 is 17.2 Å². The normalized spacial score (nSPS) is 14.6. The fraction of sp³-hybridized carbons (Fsp3) is 0.500. The van der Waals surface area contributed by atoms with Gasteiger partial charge in [0.15, 0.2) is 0 Å². The van der Waals surface area contributed by atoms with Crippen molar-refractivity contribution in [3.8, 4) is 0 Å². The molecule has 0 radical (unpaired) electrons. The standard InChI is InChI=1S/C14H20FNO3/c1-13(2,3)19-12(18)16-14(4,9-17)10-5-7-11(15)8-6-10/h5-8,17H,9H2,1-4H3,(H,16,18). The van der Waals surface area contributed by atoms with Crippen LogP contribution in [0.15, 0.2) is 24.3 Å². The van der Waals surface area contributed by atoms with Crippen molar-refractivity contribution in [3.05, 3.63) is 35.6 Å². The van der Waals surface area contributed by atoms with E-state index in [1.54, 1.807) is 27.7 Å². The average molecular weight is 269 g/mol. The van der Waals surface area contributed by atoms with Gasteiger partial charge in [-0.15, -0.1) is 0 Å². The first kappa shape index (κ1) is 15.4. The fourth-order valence-corrected chi connectivity index (χ4v) is 1.55. The third kappa shape index (κ3) is 4.52. The molecule has 106 valence electrons. The lowest BCUT2D eigenvalue weighted by Gasteiger charge is -2.30. The van der Waals surface area contributed by atoms with E-state index in [1.165, 1.54) is 24.3 Å². The minimum atomic E-state index is -1.02. The number of ether oxygens (including phenoxy) is 1. The average Bonchev–Trinajstić information content (AvgIpc) is 2.26. The van der Waals surface area contributed by atoms with Gasteiger partial charge in [0, 0.05) is 0 Å². The Hall–Kier alpha value is -1.62. The van der Waals surface area contributed by atoms with Crippen molar-refractivity contribution in [2.45, 2.75) is 38.8 Å². The molecule has 1 unspecified atom stereocenters. The molecule has 0 heterocycles. The van der Waals surface area contributed by atoms with Gasteiger partial charge in [-0.05, 0) is 45.4 Å². The van der Waals surface area contributed by atoms with Gasteiger partial charge in [-0.1, -0.05) is 12.1 Å². The fourth-order valence-electron chi connectivity index (χ4n) is 1.55. The maximum Gasteiger partial charge on any atom is 0.408 e. The van der Waals surface area contributed by atoms with E-state index in [1.807, 2.05) is 0 Å². The summed E-state index contributed by atoms with van der Waals surface area (Å²) in [4.78, 5) is 11.8. The molecule has 1 aromatic rings. The maximum atomic E-state index is 12.9. The highest BCUT2D eigenvalue weighted by Gasteiger charge is 2.30. The number of rotatable bonds is 3. The first-order valence-corrected chi connectivity index (χ1v) is 6.04. The van der Waals surface area contributed by atoms with E-state index in [9.17, 15) is 14.3 Å². The van der Waals surface area contributed by atoms with E-state index in [0.717, 1.165) is 0 Å². The van der Waals surface area contributed by atoms with Crippen LogP contribution in [-0.4, -0.2) is 23.4 Å². The third-order valence-electron chi connectivity index (χ3n) is 2.57. The number of aliphatic hydroxyl groups is 1. The van der Waals surface area contributed by atoms with Gasteiger partial charge in [0.2, 0.25) is 0 Å². The third-order valence-corrected chi connectivity index (χ3v) is 2.57. The van der Waals surface area contributed by atoms with Crippen LogP contribution in [0.1, 0.15) is 33.3 Å². The van der Waals surface area contributed by atoms with E-state index in [2.05, 4.69) is 5.32 Å². The summed E-state index contributed by atoms with van der Waals surface area (Å²) in [5.41, 5.74) is -1.04. The Labute approximate surface area is 112 Å². The topological polar surface area (TPSA) is 58.6 Å². The zero-order valence-corrected chi connectivity index (χ0v) is 11.7. The molecule has 4 nitrogen and oxygen atoms in total. The molecule has 0 fully saturated rings. The van der Waals surface area contributed by atoms with Crippen molar-refractivity contribution < 1.29 is 19.0 Å². The van der Waals surface area contributed by atoms with Crippen LogP contribution < -0.4 is 5.32 Å². The minimum absolute atomic E-state index is 0.322. The number of hydrogen-bond acceptors (Lipinski definition) is 3. The van der Waals surface area contributed by atoms with E-state index in [0.29, 0.717) is 5.56 Å². The van der Waals surface area contributed by atoms with Crippen LogP contribution in [0.25, 0.3) is 0 Å². The lowest BCUT2D eigenvalue weighted by Crippen LogP contribution is -2.48. The molecule has 1 aromatic carbocycles. The van der Waals surface area contributed by atoms with Gasteiger partial charge in [-0.3, -0.25) is 0 Å². The van der Waals surface area contributed by atoms with Crippen LogP contribution in [0.2, 0.25) is 0 Å². The molecule has 1 rings (SSSR count). The zero-order valence-electron chi connectivity index (χ0n) is 11.7. The smallest absolute Gasteiger partial charge is 0.408 e. The highest BCUT2D eigenvalue weighted by atomic mass is 19.1. The second-order valence-electron chi connectivity index (χ2n) is 5.62. The minimum Gasteiger partial charge on any atom is -0.444 e. The highest BCUT2D eigenvalue weighted by Crippen LogP contribution is 2.21. The number of hydrogen-bond donors (Lipinski definition) is 2. The summed E-state index contributed by atoms with van der Waals surface area (Å²) in [5, 5.41) is 12.1. The molecule has 0 saturated carbocycles. The van der Waals surface area contributed by atoms with Crippen LogP contribution in [0.3, 0.4) is 0 Å². The Balaban J connectivity index is 2.86. The predicted octanol–water partition coefficient (Wildman–Crippen LogP) is 2.56. The second-order valence-corrected chi connectivity index (χ2v) is 5.62. The lowest BCUT2D eigenvalue weighted by molar-refractivity contribution is 0.0411. The molecule has 0 aromatic heterocycles. The highest BCUT2D eigenvalue weighted by molar-refractivity contribution is 5.69. The lowest BCUT2D eigenvalue weighted by atomic mass is 9.93. The molecule has 0 spiro atoms. The number of nitrogens with one attached hydrogen (secondary N) is 1. The van der Waals surface area contributed by atoms with Crippen molar-refractivity contribution >= 4 is 6.09 Å². The van der Waals surface area contributed by atoms with Gasteiger partial charge in [0.1, 0.15) is 11.4 Å². The first-order chi connectivity index (χ1) is 8.66.